The van der Waals surface area contributed by atoms with Crippen LogP contribution in [-0.2, 0) is 0 Å². The van der Waals surface area contributed by atoms with Crippen molar-refractivity contribution in [1.29, 1.82) is 0 Å². The number of nitrogens with zero attached hydrogens (tertiary/aromatic N) is 5. The zero-order valence-corrected chi connectivity index (χ0v) is 17.5. The van der Waals surface area contributed by atoms with Crippen LogP contribution >= 0.6 is 0 Å². The van der Waals surface area contributed by atoms with Gasteiger partial charge in [-0.2, -0.15) is 0 Å². The SMILES string of the molecule is Fc1cccc2ccn(-c3ccc(-c4nc(-c5ccccn5)cn4-c4cccnc4)cc3)c12. The van der Waals surface area contributed by atoms with Gasteiger partial charge in [0, 0.05) is 41.4 Å². The van der Waals surface area contributed by atoms with Crippen molar-refractivity contribution in [2.24, 2.45) is 0 Å². The highest BCUT2D eigenvalue weighted by atomic mass is 19.1. The lowest BCUT2D eigenvalue weighted by atomic mass is 10.2. The Morgan fingerprint density at radius 1 is 0.697 bits per heavy atom. The molecule has 0 radical (unpaired) electrons. The van der Waals surface area contributed by atoms with Crippen molar-refractivity contribution in [1.82, 2.24) is 24.1 Å². The highest BCUT2D eigenvalue weighted by molar-refractivity contribution is 5.82. The van der Waals surface area contributed by atoms with Gasteiger partial charge in [0.05, 0.1) is 23.1 Å². The number of hydrogen-bond donors (Lipinski definition) is 0. The molecular formula is C27H18FN5. The molecule has 6 rings (SSSR count). The Kier molecular flexibility index (Phi) is 4.54. The second-order valence-electron chi connectivity index (χ2n) is 7.66. The van der Waals surface area contributed by atoms with Crippen LogP contribution in [0.1, 0.15) is 0 Å². The fourth-order valence-electron chi connectivity index (χ4n) is 4.05. The molecule has 0 spiro atoms. The number of rotatable bonds is 4. The van der Waals surface area contributed by atoms with Gasteiger partial charge in [-0.25, -0.2) is 9.37 Å². The number of fused-ring (bicyclic) bond motifs is 1. The summed E-state index contributed by atoms with van der Waals surface area (Å²) in [7, 11) is 0. The van der Waals surface area contributed by atoms with E-state index in [-0.39, 0.29) is 5.82 Å². The second kappa shape index (κ2) is 7.84. The number of para-hydroxylation sites is 1. The molecule has 158 valence electrons. The van der Waals surface area contributed by atoms with Crippen molar-refractivity contribution >= 4 is 10.9 Å². The van der Waals surface area contributed by atoms with Crippen molar-refractivity contribution in [2.45, 2.75) is 0 Å². The topological polar surface area (TPSA) is 48.5 Å². The minimum absolute atomic E-state index is 0.242. The number of benzene rings is 2. The lowest BCUT2D eigenvalue weighted by Gasteiger charge is -2.10. The molecule has 0 aliphatic rings. The summed E-state index contributed by atoms with van der Waals surface area (Å²) in [5.41, 5.74) is 4.86. The summed E-state index contributed by atoms with van der Waals surface area (Å²) in [5.74, 6) is 0.535. The van der Waals surface area contributed by atoms with E-state index in [1.807, 2.05) is 88.3 Å². The van der Waals surface area contributed by atoms with Crippen LogP contribution in [0.15, 0.2) is 110 Å². The number of aromatic nitrogens is 5. The van der Waals surface area contributed by atoms with E-state index in [0.717, 1.165) is 39.5 Å². The predicted molar refractivity (Wildman–Crippen MR) is 127 cm³/mol. The Hall–Kier alpha value is -4.58. The van der Waals surface area contributed by atoms with Crippen LogP contribution in [0.3, 0.4) is 0 Å². The first-order valence-corrected chi connectivity index (χ1v) is 10.6. The highest BCUT2D eigenvalue weighted by Crippen LogP contribution is 2.29. The van der Waals surface area contributed by atoms with E-state index in [1.54, 1.807) is 24.7 Å². The first kappa shape index (κ1) is 19.1. The Balaban J connectivity index is 1.46. The third kappa shape index (κ3) is 3.38. The van der Waals surface area contributed by atoms with Crippen LogP contribution in [0.2, 0.25) is 0 Å². The third-order valence-electron chi connectivity index (χ3n) is 5.62. The van der Waals surface area contributed by atoms with E-state index in [1.165, 1.54) is 6.07 Å². The molecule has 0 saturated heterocycles. The molecular weight excluding hydrogens is 413 g/mol. The van der Waals surface area contributed by atoms with E-state index >= 15 is 0 Å². The lowest BCUT2D eigenvalue weighted by molar-refractivity contribution is 0.634. The molecule has 4 aromatic heterocycles. The zero-order valence-electron chi connectivity index (χ0n) is 17.5. The highest BCUT2D eigenvalue weighted by Gasteiger charge is 2.15. The van der Waals surface area contributed by atoms with E-state index in [9.17, 15) is 4.39 Å². The van der Waals surface area contributed by atoms with Gasteiger partial charge in [0.15, 0.2) is 0 Å². The largest absolute Gasteiger partial charge is 0.314 e. The molecule has 6 heteroatoms. The second-order valence-corrected chi connectivity index (χ2v) is 7.66. The molecule has 0 unspecified atom stereocenters. The molecule has 5 nitrogen and oxygen atoms in total. The molecule has 0 bridgehead atoms. The van der Waals surface area contributed by atoms with Crippen LogP contribution in [0.25, 0.3) is 45.1 Å². The zero-order chi connectivity index (χ0) is 22.2. The summed E-state index contributed by atoms with van der Waals surface area (Å²) in [6, 6.07) is 24.6. The number of imidazole rings is 1. The van der Waals surface area contributed by atoms with Crippen molar-refractivity contribution in [3.8, 4) is 34.2 Å². The molecule has 4 heterocycles. The first-order valence-electron chi connectivity index (χ1n) is 10.6. The van der Waals surface area contributed by atoms with Gasteiger partial charge in [-0.3, -0.25) is 14.5 Å². The summed E-state index contributed by atoms with van der Waals surface area (Å²) in [4.78, 5) is 13.6. The Morgan fingerprint density at radius 3 is 2.39 bits per heavy atom. The van der Waals surface area contributed by atoms with E-state index in [4.69, 9.17) is 4.98 Å². The van der Waals surface area contributed by atoms with Crippen molar-refractivity contribution < 1.29 is 4.39 Å². The molecule has 0 saturated carbocycles. The monoisotopic (exact) mass is 431 g/mol. The molecule has 0 amide bonds. The summed E-state index contributed by atoms with van der Waals surface area (Å²) < 4.78 is 18.3. The van der Waals surface area contributed by atoms with Gasteiger partial charge < -0.3 is 4.57 Å². The molecule has 0 atom stereocenters. The van der Waals surface area contributed by atoms with Crippen LogP contribution in [0.5, 0.6) is 0 Å². The van der Waals surface area contributed by atoms with Crippen LogP contribution in [0.4, 0.5) is 4.39 Å². The minimum Gasteiger partial charge on any atom is -0.314 e. The Morgan fingerprint density at radius 2 is 1.61 bits per heavy atom. The summed E-state index contributed by atoms with van der Waals surface area (Å²) >= 11 is 0. The normalized spacial score (nSPS) is 11.2. The molecule has 6 aromatic rings. The van der Waals surface area contributed by atoms with Gasteiger partial charge in [-0.05, 0) is 60.7 Å². The predicted octanol–water partition coefficient (Wildman–Crippen LogP) is 6.08. The fourth-order valence-corrected chi connectivity index (χ4v) is 4.05. The van der Waals surface area contributed by atoms with Crippen molar-refractivity contribution in [3.63, 3.8) is 0 Å². The van der Waals surface area contributed by atoms with E-state index in [0.29, 0.717) is 5.52 Å². The van der Waals surface area contributed by atoms with Gasteiger partial charge >= 0.3 is 0 Å². The maximum absolute atomic E-state index is 14.5. The summed E-state index contributed by atoms with van der Waals surface area (Å²) in [6.45, 7) is 0. The molecule has 2 aromatic carbocycles. The maximum Gasteiger partial charge on any atom is 0.147 e. The van der Waals surface area contributed by atoms with Gasteiger partial charge in [0.1, 0.15) is 17.3 Å². The lowest BCUT2D eigenvalue weighted by Crippen LogP contribution is -1.98. The average Bonchev–Trinajstić information content (AvgIpc) is 3.51. The van der Waals surface area contributed by atoms with Crippen LogP contribution < -0.4 is 0 Å². The van der Waals surface area contributed by atoms with Crippen LogP contribution in [0, 0.1) is 5.82 Å². The van der Waals surface area contributed by atoms with Gasteiger partial charge in [0.25, 0.3) is 0 Å². The molecule has 0 aliphatic heterocycles. The van der Waals surface area contributed by atoms with E-state index in [2.05, 4.69) is 9.97 Å². The quantitative estimate of drug-likeness (QED) is 0.340. The number of pyridine rings is 2. The summed E-state index contributed by atoms with van der Waals surface area (Å²) in [5, 5.41) is 0.867. The molecule has 0 fully saturated rings. The van der Waals surface area contributed by atoms with Crippen molar-refractivity contribution in [2.75, 3.05) is 0 Å². The number of hydrogen-bond acceptors (Lipinski definition) is 3. The maximum atomic E-state index is 14.5. The Bertz CT molecular complexity index is 1550. The average molecular weight is 431 g/mol. The van der Waals surface area contributed by atoms with E-state index < -0.39 is 0 Å². The molecule has 0 aliphatic carbocycles. The van der Waals surface area contributed by atoms with Gasteiger partial charge in [-0.15, -0.1) is 0 Å². The van der Waals surface area contributed by atoms with Crippen molar-refractivity contribution in [3.05, 3.63) is 116 Å². The van der Waals surface area contributed by atoms with Gasteiger partial charge in [0.2, 0.25) is 0 Å². The fraction of sp³-hybridized carbons (Fsp3) is 0. The number of halogens is 1. The smallest absolute Gasteiger partial charge is 0.147 e. The Labute approximate surface area is 189 Å². The molecule has 33 heavy (non-hydrogen) atoms. The minimum atomic E-state index is -0.242. The first-order chi connectivity index (χ1) is 16.3. The summed E-state index contributed by atoms with van der Waals surface area (Å²) in [6.07, 6.45) is 9.16. The molecule has 0 N–H and O–H groups in total. The van der Waals surface area contributed by atoms with Crippen LogP contribution in [-0.4, -0.2) is 24.1 Å². The van der Waals surface area contributed by atoms with Gasteiger partial charge in [-0.1, -0.05) is 18.2 Å². The standard InChI is InChI=1S/C27H18FN5/c28-23-7-3-5-19-13-16-32(26(19)23)21-11-9-20(10-12-21)27-31-25(24-8-1-2-15-30-24)18-33(27)22-6-4-14-29-17-22/h1-18H. The third-order valence-corrected chi connectivity index (χ3v) is 5.62.